The number of carboxylic acids is 4. The van der Waals surface area contributed by atoms with Gasteiger partial charge in [0.2, 0.25) is 29.5 Å². The molecule has 25 nitrogen and oxygen atoms in total. The van der Waals surface area contributed by atoms with Crippen LogP contribution < -0.4 is 31.9 Å². The highest BCUT2D eigenvalue weighted by Gasteiger charge is 2.37. The lowest BCUT2D eigenvalue weighted by Crippen LogP contribution is -2.58. The Balaban J connectivity index is 1.53. The lowest BCUT2D eigenvalue weighted by molar-refractivity contribution is -0.201. The Hall–Kier alpha value is -6.74. The minimum absolute atomic E-state index is 0.0353. The molecular weight excluding hydrogens is 1050 g/mol. The molecule has 0 spiro atoms. The van der Waals surface area contributed by atoms with Gasteiger partial charge in [0.1, 0.15) is 24.2 Å². The number of unbranched alkanes of at least 4 members (excludes halogenated alkanes) is 2. The molecule has 10 N–H and O–H groups in total. The minimum atomic E-state index is -1.73. The molecule has 1 aliphatic carbocycles. The number of hydroxylamine groups is 2. The Bertz CT molecular complexity index is 2130. The highest BCUT2D eigenvalue weighted by molar-refractivity contribution is 14.1. The smallest absolute Gasteiger partial charge is 0.336 e. The molecule has 0 aromatic heterocycles. The maximum absolute atomic E-state index is 13.6. The molecule has 26 heteroatoms. The first-order valence-corrected chi connectivity index (χ1v) is 24.2. The van der Waals surface area contributed by atoms with E-state index in [-0.39, 0.29) is 63.4 Å². The van der Waals surface area contributed by atoms with E-state index >= 15 is 0 Å². The predicted molar refractivity (Wildman–Crippen MR) is 251 cm³/mol. The van der Waals surface area contributed by atoms with E-state index in [2.05, 4.69) is 54.5 Å². The fourth-order valence-electron chi connectivity index (χ4n) is 7.54. The first kappa shape index (κ1) is 58.6. The van der Waals surface area contributed by atoms with Crippen LogP contribution in [-0.4, -0.2) is 140 Å². The maximum Gasteiger partial charge on any atom is 0.336 e. The molecule has 2 aliphatic rings. The number of nitrogens with one attached hydrogen (secondary N) is 6. The number of aliphatic carboxylic acids is 4. The first-order chi connectivity index (χ1) is 33.6. The van der Waals surface area contributed by atoms with Crippen LogP contribution in [0.5, 0.6) is 0 Å². The molecule has 71 heavy (non-hydrogen) atoms. The third-order valence-corrected chi connectivity index (χ3v) is 12.2. The van der Waals surface area contributed by atoms with Gasteiger partial charge in [-0.1, -0.05) is 6.07 Å². The van der Waals surface area contributed by atoms with Crippen LogP contribution in [0.15, 0.2) is 24.3 Å². The van der Waals surface area contributed by atoms with Crippen LogP contribution in [-0.2, 0) is 62.4 Å². The van der Waals surface area contributed by atoms with Crippen LogP contribution in [0.25, 0.3) is 0 Å². The monoisotopic (exact) mass is 1110 g/mol. The van der Waals surface area contributed by atoms with E-state index in [4.69, 9.17) is 4.84 Å². The lowest BCUT2D eigenvalue weighted by Gasteiger charge is -2.27. The number of carboxylic acid groups (broad SMARTS) is 4. The van der Waals surface area contributed by atoms with Gasteiger partial charge in [0.05, 0.1) is 5.92 Å². The molecular formula is C45H60IN7O18. The number of imide groups is 1. The van der Waals surface area contributed by atoms with Crippen molar-refractivity contribution in [1.82, 2.24) is 37.0 Å². The van der Waals surface area contributed by atoms with Crippen molar-refractivity contribution in [2.75, 3.05) is 13.1 Å². The van der Waals surface area contributed by atoms with Gasteiger partial charge in [-0.25, -0.2) is 9.59 Å². The highest BCUT2D eigenvalue weighted by Crippen LogP contribution is 2.30. The molecule has 8 amide bonds. The number of halogens is 1. The third-order valence-electron chi connectivity index (χ3n) is 11.5. The largest absolute Gasteiger partial charge is 0.481 e. The van der Waals surface area contributed by atoms with Crippen LogP contribution in [0.2, 0.25) is 0 Å². The Kier molecular flexibility index (Phi) is 24.8. The molecule has 1 aromatic carbocycles. The van der Waals surface area contributed by atoms with Gasteiger partial charge in [0, 0.05) is 66.7 Å². The first-order valence-electron chi connectivity index (χ1n) is 23.1. The summed E-state index contributed by atoms with van der Waals surface area (Å²) in [5.74, 6) is -13.2. The van der Waals surface area contributed by atoms with Gasteiger partial charge in [-0.05, 0) is 118 Å². The molecule has 1 aliphatic heterocycles. The van der Waals surface area contributed by atoms with E-state index in [0.29, 0.717) is 49.2 Å². The van der Waals surface area contributed by atoms with E-state index < -0.39 is 140 Å². The second-order valence-corrected chi connectivity index (χ2v) is 18.2. The van der Waals surface area contributed by atoms with Crippen molar-refractivity contribution < 1.29 is 87.6 Å². The number of carbonyl (C=O) groups excluding carboxylic acids is 9. The topological polar surface area (TPSA) is 387 Å². The van der Waals surface area contributed by atoms with Gasteiger partial charge in [0.15, 0.2) is 0 Å². The van der Waals surface area contributed by atoms with Gasteiger partial charge < -0.3 is 57.2 Å². The van der Waals surface area contributed by atoms with Gasteiger partial charge in [-0.2, -0.15) is 0 Å². The normalized spacial score (nSPS) is 17.1. The molecule has 4 atom stereocenters. The molecule has 0 bridgehead atoms. The fourth-order valence-corrected chi connectivity index (χ4v) is 8.08. The Labute approximate surface area is 420 Å². The van der Waals surface area contributed by atoms with Crippen molar-refractivity contribution in [1.29, 1.82) is 0 Å². The molecule has 1 saturated heterocycles. The van der Waals surface area contributed by atoms with Crippen LogP contribution in [0.4, 0.5) is 0 Å². The summed E-state index contributed by atoms with van der Waals surface area (Å²) in [6.45, 7) is 0.342. The Morgan fingerprint density at radius 3 is 1.58 bits per heavy atom. The third kappa shape index (κ3) is 21.4. The van der Waals surface area contributed by atoms with Gasteiger partial charge in [-0.15, -0.1) is 5.06 Å². The summed E-state index contributed by atoms with van der Waals surface area (Å²) in [7, 11) is 0. The van der Waals surface area contributed by atoms with Gasteiger partial charge in [0.25, 0.3) is 17.7 Å². The molecule has 1 heterocycles. The predicted octanol–water partition coefficient (Wildman–Crippen LogP) is 0.510. The summed E-state index contributed by atoms with van der Waals surface area (Å²) in [4.78, 5) is 166. The molecule has 1 saturated carbocycles. The van der Waals surface area contributed by atoms with Crippen LogP contribution in [0, 0.1) is 15.4 Å². The number of nitrogens with zero attached hydrogens (tertiary/aromatic N) is 1. The van der Waals surface area contributed by atoms with Crippen molar-refractivity contribution in [3.05, 3.63) is 33.4 Å². The summed E-state index contributed by atoms with van der Waals surface area (Å²) in [6, 6.07) is 0.340. The average molecular weight is 1110 g/mol. The standard InChI is InChI=1S/C45H60IN7O18/c46-28-7-5-6-27(24-28)40(64)48-22-3-1-8-32(44(68)69)52-43(67)31(16-21-38(61)62)51-42(66)30(15-20-37(59)60)50-41(65)29(14-19-36(57)58)49-33(54)9-2-4-23-47-39(63)25-10-12-26(13-11-25)45(70)71-53-34(55)17-18-35(53)56/h5-7,24-26,29-32H,1-4,8-23H2,(H,47,63)(H,48,64)(H,49,54)(H,50,65)(H,51,66)(H,52,67)(H,57,58)(H,59,60)(H,61,62)(H,68,69)/t25?,26?,29-,30-,31-,32-/m1/s1. The highest BCUT2D eigenvalue weighted by atomic mass is 127. The SMILES string of the molecule is O=C(O)CC[C@@H](NC(=O)CCCCNC(=O)C1CCC(C(=O)ON2C(=O)CCC2=O)CC1)C(=O)N[C@H](CCC(=O)O)C(=O)N[C@H](CCC(=O)O)C(=O)N[C@H](CCCCNC(=O)c1cccc(I)c1)C(=O)O. The van der Waals surface area contributed by atoms with E-state index in [1.807, 2.05) is 6.07 Å². The van der Waals surface area contributed by atoms with Gasteiger partial charge in [-0.3, -0.25) is 52.7 Å². The Morgan fingerprint density at radius 2 is 1.07 bits per heavy atom. The van der Waals surface area contributed by atoms with Crippen LogP contribution in [0.1, 0.15) is 126 Å². The molecule has 390 valence electrons. The molecule has 3 rings (SSSR count). The summed E-state index contributed by atoms with van der Waals surface area (Å²) in [6.07, 6.45) is -1.68. The summed E-state index contributed by atoms with van der Waals surface area (Å²) in [5, 5.41) is 53.1. The molecule has 0 unspecified atom stereocenters. The quantitative estimate of drug-likeness (QED) is 0.0275. The number of rotatable bonds is 31. The van der Waals surface area contributed by atoms with Crippen molar-refractivity contribution in [2.45, 2.75) is 140 Å². The Morgan fingerprint density at radius 1 is 0.592 bits per heavy atom. The van der Waals surface area contributed by atoms with E-state index in [1.54, 1.807) is 18.2 Å². The van der Waals surface area contributed by atoms with E-state index in [0.717, 1.165) is 3.57 Å². The van der Waals surface area contributed by atoms with E-state index in [9.17, 15) is 82.8 Å². The zero-order chi connectivity index (χ0) is 52.6. The van der Waals surface area contributed by atoms with Gasteiger partial charge >= 0.3 is 29.8 Å². The van der Waals surface area contributed by atoms with Crippen molar-refractivity contribution in [3.63, 3.8) is 0 Å². The molecule has 0 radical (unpaired) electrons. The zero-order valence-electron chi connectivity index (χ0n) is 38.7. The number of hydrogen-bond acceptors (Lipinski definition) is 14. The number of carbonyl (C=O) groups is 13. The van der Waals surface area contributed by atoms with Crippen LogP contribution >= 0.6 is 22.6 Å². The maximum atomic E-state index is 13.6. The second kappa shape index (κ2) is 30.1. The number of amides is 8. The summed E-state index contributed by atoms with van der Waals surface area (Å²) >= 11 is 2.06. The summed E-state index contributed by atoms with van der Waals surface area (Å²) < 4.78 is 0.848. The molecule has 1 aromatic rings. The van der Waals surface area contributed by atoms with Crippen molar-refractivity contribution >= 4 is 99.7 Å². The zero-order valence-corrected chi connectivity index (χ0v) is 40.9. The second-order valence-electron chi connectivity index (χ2n) is 17.0. The van der Waals surface area contributed by atoms with Crippen LogP contribution in [0.3, 0.4) is 0 Å². The number of hydrogen-bond donors (Lipinski definition) is 10. The van der Waals surface area contributed by atoms with Crippen molar-refractivity contribution in [2.24, 2.45) is 11.8 Å². The lowest BCUT2D eigenvalue weighted by atomic mass is 9.81. The average Bonchev–Trinajstić information content (AvgIpc) is 3.63. The minimum Gasteiger partial charge on any atom is -0.481 e. The number of benzene rings is 1. The molecule has 2 fully saturated rings. The summed E-state index contributed by atoms with van der Waals surface area (Å²) in [5.41, 5.74) is 0.429. The van der Waals surface area contributed by atoms with E-state index in [1.165, 1.54) is 0 Å². The fraction of sp³-hybridized carbons (Fsp3) is 0.578. The van der Waals surface area contributed by atoms with Crippen molar-refractivity contribution in [3.8, 4) is 0 Å².